The Hall–Kier alpha value is -6.00. The Kier molecular flexibility index (Phi) is 7.54. The average Bonchev–Trinajstić information content (AvgIpc) is 3.50. The number of benzene rings is 5. The molecule has 0 spiro atoms. The largest absolute Gasteiger partial charge is 0.310 e. The monoisotopic (exact) mass is 660 g/mol. The van der Waals surface area contributed by atoms with E-state index in [4.69, 9.17) is 9.97 Å². The van der Waals surface area contributed by atoms with Crippen molar-refractivity contribution in [2.75, 3.05) is 4.90 Å². The van der Waals surface area contributed by atoms with Crippen LogP contribution in [0.25, 0.3) is 38.9 Å². The second-order valence-electron chi connectivity index (χ2n) is 14.2. The minimum atomic E-state index is 0.0740. The number of nitrogens with zero attached hydrogens (tertiary/aromatic N) is 4. The number of para-hydroxylation sites is 2. The van der Waals surface area contributed by atoms with Gasteiger partial charge in [0.15, 0.2) is 0 Å². The summed E-state index contributed by atoms with van der Waals surface area (Å²) in [4.78, 5) is 12.1. The van der Waals surface area contributed by atoms with E-state index in [0.717, 1.165) is 33.8 Å². The van der Waals surface area contributed by atoms with E-state index < -0.39 is 0 Å². The summed E-state index contributed by atoms with van der Waals surface area (Å²) in [7, 11) is 0. The van der Waals surface area contributed by atoms with Crippen LogP contribution in [0.2, 0.25) is 0 Å². The standard InChI is InChI=1S/C47H40N4/c1-30(2)34-16-13-17-35(31(3)4)46(34)47-38-15-6-8-20-42(38)50(43-28-32(22-24-39(43)47)40-18-9-11-26-48-40)33-23-25-37-36-14-5-7-19-41(36)51(44(37)29-33)45-21-10-12-27-49-45/h5-31,47H,1-4H3. The summed E-state index contributed by atoms with van der Waals surface area (Å²) in [6.07, 6.45) is 3.75. The highest BCUT2D eigenvalue weighted by Crippen LogP contribution is 2.54. The van der Waals surface area contributed by atoms with Gasteiger partial charge in [-0.05, 0) is 94.3 Å². The zero-order valence-electron chi connectivity index (χ0n) is 29.5. The van der Waals surface area contributed by atoms with Crippen molar-refractivity contribution in [3.8, 4) is 17.1 Å². The highest BCUT2D eigenvalue weighted by Gasteiger charge is 2.36. The maximum absolute atomic E-state index is 4.81. The lowest BCUT2D eigenvalue weighted by atomic mass is 9.73. The first-order valence-electron chi connectivity index (χ1n) is 18.0. The summed E-state index contributed by atoms with van der Waals surface area (Å²) in [6, 6.07) is 50.7. The fourth-order valence-electron chi connectivity index (χ4n) is 8.27. The molecular weight excluding hydrogens is 621 g/mol. The minimum absolute atomic E-state index is 0.0740. The Morgan fingerprint density at radius 1 is 0.529 bits per heavy atom. The number of anilines is 3. The highest BCUT2D eigenvalue weighted by atomic mass is 15.2. The molecule has 0 aliphatic carbocycles. The number of aromatic nitrogens is 3. The molecule has 0 amide bonds. The first-order valence-corrected chi connectivity index (χ1v) is 18.0. The van der Waals surface area contributed by atoms with Gasteiger partial charge in [0, 0.05) is 40.3 Å². The van der Waals surface area contributed by atoms with Gasteiger partial charge in [0.05, 0.1) is 28.1 Å². The maximum atomic E-state index is 4.81. The van der Waals surface area contributed by atoms with Crippen molar-refractivity contribution in [3.05, 3.63) is 180 Å². The van der Waals surface area contributed by atoms with Crippen molar-refractivity contribution >= 4 is 38.9 Å². The maximum Gasteiger partial charge on any atom is 0.137 e. The van der Waals surface area contributed by atoms with E-state index in [2.05, 4.69) is 165 Å². The van der Waals surface area contributed by atoms with Crippen molar-refractivity contribution in [3.63, 3.8) is 0 Å². The number of pyridine rings is 2. The van der Waals surface area contributed by atoms with E-state index in [9.17, 15) is 0 Å². The van der Waals surface area contributed by atoms with Gasteiger partial charge in [-0.2, -0.15) is 0 Å². The Bertz CT molecular complexity index is 2520. The van der Waals surface area contributed by atoms with Crippen molar-refractivity contribution in [2.24, 2.45) is 0 Å². The van der Waals surface area contributed by atoms with Crippen molar-refractivity contribution in [1.82, 2.24) is 14.5 Å². The Morgan fingerprint density at radius 3 is 1.96 bits per heavy atom. The van der Waals surface area contributed by atoms with Gasteiger partial charge in [-0.1, -0.05) is 113 Å². The molecule has 1 atom stereocenters. The lowest BCUT2D eigenvalue weighted by Gasteiger charge is -2.40. The SMILES string of the molecule is CC(C)c1cccc(C(C)C)c1C1c2ccccc2N(c2ccc3c4ccccc4n(-c4ccccn4)c3c2)c2cc(-c3ccccn3)ccc21. The van der Waals surface area contributed by atoms with E-state index in [1.807, 2.05) is 24.5 Å². The molecule has 8 aromatic rings. The predicted octanol–water partition coefficient (Wildman–Crippen LogP) is 12.5. The lowest BCUT2D eigenvalue weighted by molar-refractivity contribution is 0.777. The molecule has 0 N–H and O–H groups in total. The molecule has 3 aromatic heterocycles. The molecule has 0 fully saturated rings. The van der Waals surface area contributed by atoms with E-state index in [1.165, 1.54) is 50.0 Å². The second-order valence-corrected chi connectivity index (χ2v) is 14.2. The normalized spacial score (nSPS) is 14.0. The molecule has 51 heavy (non-hydrogen) atoms. The zero-order chi connectivity index (χ0) is 34.6. The van der Waals surface area contributed by atoms with Crippen LogP contribution in [-0.2, 0) is 0 Å². The molecule has 1 aliphatic rings. The number of hydrogen-bond acceptors (Lipinski definition) is 3. The summed E-state index contributed by atoms with van der Waals surface area (Å²) in [5.74, 6) is 1.75. The summed E-state index contributed by atoms with van der Waals surface area (Å²) >= 11 is 0. The average molecular weight is 661 g/mol. The molecule has 1 unspecified atom stereocenters. The number of fused-ring (bicyclic) bond motifs is 5. The zero-order valence-corrected chi connectivity index (χ0v) is 29.5. The van der Waals surface area contributed by atoms with Crippen LogP contribution in [0.1, 0.15) is 73.3 Å². The lowest BCUT2D eigenvalue weighted by Crippen LogP contribution is -2.24. The van der Waals surface area contributed by atoms with Crippen LogP contribution in [0.3, 0.4) is 0 Å². The van der Waals surface area contributed by atoms with Gasteiger partial charge in [-0.25, -0.2) is 4.98 Å². The quantitative estimate of drug-likeness (QED) is 0.178. The topological polar surface area (TPSA) is 34.0 Å². The fraction of sp³-hybridized carbons (Fsp3) is 0.149. The predicted molar refractivity (Wildman–Crippen MR) is 212 cm³/mol. The molecule has 4 nitrogen and oxygen atoms in total. The summed E-state index contributed by atoms with van der Waals surface area (Å²) in [5.41, 5.74) is 14.7. The molecule has 9 rings (SSSR count). The van der Waals surface area contributed by atoms with Crippen LogP contribution in [0.4, 0.5) is 17.1 Å². The second kappa shape index (κ2) is 12.4. The molecule has 1 aliphatic heterocycles. The molecule has 248 valence electrons. The molecular formula is C47H40N4. The van der Waals surface area contributed by atoms with Gasteiger partial charge in [-0.15, -0.1) is 0 Å². The van der Waals surface area contributed by atoms with Crippen LogP contribution in [0.15, 0.2) is 152 Å². The van der Waals surface area contributed by atoms with Gasteiger partial charge >= 0.3 is 0 Å². The van der Waals surface area contributed by atoms with Gasteiger partial charge in [0.2, 0.25) is 0 Å². The fourth-order valence-corrected chi connectivity index (χ4v) is 8.27. The third-order valence-electron chi connectivity index (χ3n) is 10.5. The molecule has 0 saturated heterocycles. The molecule has 0 radical (unpaired) electrons. The number of rotatable bonds is 6. The Balaban J connectivity index is 1.35. The molecule has 5 aromatic carbocycles. The van der Waals surface area contributed by atoms with Crippen molar-refractivity contribution in [1.29, 1.82) is 0 Å². The molecule has 4 heteroatoms. The van der Waals surface area contributed by atoms with Crippen LogP contribution in [0, 0.1) is 0 Å². The minimum Gasteiger partial charge on any atom is -0.310 e. The van der Waals surface area contributed by atoms with Crippen LogP contribution in [-0.4, -0.2) is 14.5 Å². The van der Waals surface area contributed by atoms with Gasteiger partial charge in [0.25, 0.3) is 0 Å². The highest BCUT2D eigenvalue weighted by molar-refractivity contribution is 6.10. The summed E-state index contributed by atoms with van der Waals surface area (Å²) < 4.78 is 2.30. The van der Waals surface area contributed by atoms with E-state index >= 15 is 0 Å². The molecule has 4 heterocycles. The van der Waals surface area contributed by atoms with Crippen LogP contribution < -0.4 is 4.90 Å². The molecule has 0 bridgehead atoms. The molecule has 0 saturated carbocycles. The third kappa shape index (κ3) is 5.05. The van der Waals surface area contributed by atoms with Gasteiger partial charge < -0.3 is 4.90 Å². The number of hydrogen-bond donors (Lipinski definition) is 0. The first-order chi connectivity index (χ1) is 25.0. The summed E-state index contributed by atoms with van der Waals surface area (Å²) in [5, 5.41) is 2.42. The first kappa shape index (κ1) is 31.0. The van der Waals surface area contributed by atoms with Gasteiger partial charge in [-0.3, -0.25) is 9.55 Å². The Labute approximate surface area is 299 Å². The van der Waals surface area contributed by atoms with Gasteiger partial charge in [0.1, 0.15) is 5.82 Å². The Morgan fingerprint density at radius 2 is 1.22 bits per heavy atom. The van der Waals surface area contributed by atoms with Crippen molar-refractivity contribution in [2.45, 2.75) is 45.4 Å². The van der Waals surface area contributed by atoms with Crippen LogP contribution in [0.5, 0.6) is 0 Å². The van der Waals surface area contributed by atoms with E-state index in [-0.39, 0.29) is 5.92 Å². The smallest absolute Gasteiger partial charge is 0.137 e. The van der Waals surface area contributed by atoms with Crippen molar-refractivity contribution < 1.29 is 0 Å². The summed E-state index contributed by atoms with van der Waals surface area (Å²) in [6.45, 7) is 9.30. The van der Waals surface area contributed by atoms with E-state index in [1.54, 1.807) is 0 Å². The van der Waals surface area contributed by atoms with Crippen LogP contribution >= 0.6 is 0 Å². The third-order valence-corrected chi connectivity index (χ3v) is 10.5. The van der Waals surface area contributed by atoms with E-state index in [0.29, 0.717) is 11.8 Å².